The van der Waals surface area contributed by atoms with Crippen molar-refractivity contribution in [1.29, 1.82) is 0 Å². The third-order valence-electron chi connectivity index (χ3n) is 3.42. The van der Waals surface area contributed by atoms with Crippen LogP contribution in [0.25, 0.3) is 0 Å². The van der Waals surface area contributed by atoms with Gasteiger partial charge < -0.3 is 15.2 Å². The van der Waals surface area contributed by atoms with Crippen LogP contribution in [-0.2, 0) is 24.4 Å². The minimum atomic E-state index is -4.07. The molecule has 25 heavy (non-hydrogen) atoms. The van der Waals surface area contributed by atoms with Gasteiger partial charge in [-0.1, -0.05) is 27.7 Å². The molecule has 150 valence electrons. The van der Waals surface area contributed by atoms with Crippen molar-refractivity contribution in [2.75, 3.05) is 19.0 Å². The van der Waals surface area contributed by atoms with Gasteiger partial charge >= 0.3 is 5.97 Å². The van der Waals surface area contributed by atoms with Gasteiger partial charge in [-0.15, -0.1) is 0 Å². The number of amides is 1. The van der Waals surface area contributed by atoms with Crippen molar-refractivity contribution in [3.8, 4) is 0 Å². The molecule has 0 heterocycles. The topological polar surface area (TPSA) is 130 Å². The van der Waals surface area contributed by atoms with E-state index in [-0.39, 0.29) is 36.9 Å². The van der Waals surface area contributed by atoms with Crippen LogP contribution in [0.3, 0.4) is 0 Å². The molecular formula is C16H33NO7S. The number of carbonyl (C=O) groups excluding carboxylic acids is 2. The predicted molar refractivity (Wildman–Crippen MR) is 95.6 cm³/mol. The largest absolute Gasteiger partial charge is 0.463 e. The molecule has 2 unspecified atom stereocenters. The second-order valence-corrected chi connectivity index (χ2v) is 8.06. The van der Waals surface area contributed by atoms with E-state index >= 15 is 0 Å². The normalized spacial score (nSPS) is 13.9. The first-order chi connectivity index (χ1) is 11.3. The van der Waals surface area contributed by atoms with Gasteiger partial charge in [0.05, 0.1) is 23.8 Å². The smallest absolute Gasteiger partial charge is 0.308 e. The Labute approximate surface area is 151 Å². The van der Waals surface area contributed by atoms with Crippen molar-refractivity contribution < 1.29 is 32.4 Å². The molecule has 8 nitrogen and oxygen atoms in total. The summed E-state index contributed by atoms with van der Waals surface area (Å²) in [6.07, 6.45) is 1.47. The van der Waals surface area contributed by atoms with E-state index in [0.717, 1.165) is 6.42 Å². The maximum absolute atomic E-state index is 11.5. The van der Waals surface area contributed by atoms with Gasteiger partial charge in [0.25, 0.3) is 10.1 Å². The number of esters is 1. The number of hydrogen-bond donors (Lipinski definition) is 3. The fourth-order valence-electron chi connectivity index (χ4n) is 1.59. The lowest BCUT2D eigenvalue weighted by Crippen LogP contribution is -2.49. The number of hydrogen-bond acceptors (Lipinski definition) is 6. The number of aliphatic hydroxyl groups is 1. The van der Waals surface area contributed by atoms with Gasteiger partial charge in [0.1, 0.15) is 6.61 Å². The molecule has 0 aliphatic rings. The molecule has 0 aromatic heterocycles. The molecule has 0 rings (SSSR count). The van der Waals surface area contributed by atoms with Gasteiger partial charge in [-0.3, -0.25) is 14.1 Å². The summed E-state index contributed by atoms with van der Waals surface area (Å²) >= 11 is 0. The number of aliphatic hydroxyl groups excluding tert-OH is 1. The average Bonchev–Trinajstić information content (AvgIpc) is 2.48. The lowest BCUT2D eigenvalue weighted by atomic mass is 10.0. The van der Waals surface area contributed by atoms with E-state index in [1.54, 1.807) is 27.7 Å². The van der Waals surface area contributed by atoms with Crippen molar-refractivity contribution in [1.82, 2.24) is 5.32 Å². The lowest BCUT2D eigenvalue weighted by Gasteiger charge is -2.26. The van der Waals surface area contributed by atoms with E-state index in [9.17, 15) is 18.0 Å². The summed E-state index contributed by atoms with van der Waals surface area (Å²) < 4.78 is 34.7. The number of nitrogens with one attached hydrogen (secondary N) is 1. The van der Waals surface area contributed by atoms with Crippen LogP contribution in [0.4, 0.5) is 0 Å². The SMILES string of the molecule is CCC(C)C(=O)NC(C)(C)CS(=O)(=O)O.CCC(C)C(=O)OCCO. The molecule has 9 heteroatoms. The van der Waals surface area contributed by atoms with Crippen LogP contribution in [0.1, 0.15) is 54.4 Å². The number of carbonyl (C=O) groups is 2. The van der Waals surface area contributed by atoms with Crippen molar-refractivity contribution in [3.05, 3.63) is 0 Å². The molecule has 1 amide bonds. The molecule has 0 aliphatic heterocycles. The molecule has 0 radical (unpaired) electrons. The van der Waals surface area contributed by atoms with E-state index in [1.807, 2.05) is 13.8 Å². The second kappa shape index (κ2) is 12.2. The summed E-state index contributed by atoms with van der Waals surface area (Å²) in [4.78, 5) is 22.3. The van der Waals surface area contributed by atoms with Crippen LogP contribution in [0.5, 0.6) is 0 Å². The minimum Gasteiger partial charge on any atom is -0.463 e. The number of ether oxygens (including phenoxy) is 1. The Bertz CT molecular complexity index is 503. The zero-order chi connectivity index (χ0) is 20.3. The van der Waals surface area contributed by atoms with Gasteiger partial charge in [0.2, 0.25) is 5.91 Å². The first-order valence-corrected chi connectivity index (χ1v) is 9.95. The highest BCUT2D eigenvalue weighted by atomic mass is 32.2. The van der Waals surface area contributed by atoms with E-state index in [1.165, 1.54) is 0 Å². The molecule has 0 fully saturated rings. The molecule has 2 atom stereocenters. The highest BCUT2D eigenvalue weighted by Crippen LogP contribution is 2.09. The highest BCUT2D eigenvalue weighted by molar-refractivity contribution is 7.85. The van der Waals surface area contributed by atoms with Crippen LogP contribution < -0.4 is 5.32 Å². The van der Waals surface area contributed by atoms with Crippen molar-refractivity contribution in [2.45, 2.75) is 59.9 Å². The van der Waals surface area contributed by atoms with E-state index in [0.29, 0.717) is 6.42 Å². The highest BCUT2D eigenvalue weighted by Gasteiger charge is 2.27. The molecule has 0 aromatic rings. The number of rotatable bonds is 9. The fraction of sp³-hybridized carbons (Fsp3) is 0.875. The third-order valence-corrected chi connectivity index (χ3v) is 4.50. The lowest BCUT2D eigenvalue weighted by molar-refractivity contribution is -0.149. The van der Waals surface area contributed by atoms with Crippen LogP contribution in [-0.4, -0.2) is 54.5 Å². The molecule has 0 saturated heterocycles. The quantitative estimate of drug-likeness (QED) is 0.405. The predicted octanol–water partition coefficient (Wildman–Crippen LogP) is 1.38. The Hall–Kier alpha value is -1.19. The van der Waals surface area contributed by atoms with Crippen molar-refractivity contribution >= 4 is 22.0 Å². The summed E-state index contributed by atoms with van der Waals surface area (Å²) in [6, 6.07) is 0. The summed E-state index contributed by atoms with van der Waals surface area (Å²) in [5, 5.41) is 10.9. The maximum Gasteiger partial charge on any atom is 0.308 e. The zero-order valence-corrected chi connectivity index (χ0v) is 16.9. The van der Waals surface area contributed by atoms with E-state index < -0.39 is 21.4 Å². The van der Waals surface area contributed by atoms with E-state index in [4.69, 9.17) is 9.66 Å². The first-order valence-electron chi connectivity index (χ1n) is 8.34. The van der Waals surface area contributed by atoms with Crippen molar-refractivity contribution in [3.63, 3.8) is 0 Å². The molecular weight excluding hydrogens is 350 g/mol. The Morgan fingerprint density at radius 3 is 1.96 bits per heavy atom. The van der Waals surface area contributed by atoms with E-state index in [2.05, 4.69) is 10.1 Å². The summed E-state index contributed by atoms with van der Waals surface area (Å²) in [5.74, 6) is -1.12. The Balaban J connectivity index is 0. The minimum absolute atomic E-state index is 0.0495. The summed E-state index contributed by atoms with van der Waals surface area (Å²) in [7, 11) is -4.07. The molecule has 0 saturated carbocycles. The zero-order valence-electron chi connectivity index (χ0n) is 16.0. The molecule has 0 spiro atoms. The fourth-order valence-corrected chi connectivity index (χ4v) is 2.57. The molecule has 3 N–H and O–H groups in total. The Kier molecular flexibility index (Phi) is 12.7. The average molecular weight is 384 g/mol. The third kappa shape index (κ3) is 14.8. The molecule has 0 aromatic carbocycles. The summed E-state index contributed by atoms with van der Waals surface area (Å²) in [6.45, 7) is 10.5. The van der Waals surface area contributed by atoms with Gasteiger partial charge in [-0.05, 0) is 26.7 Å². The van der Waals surface area contributed by atoms with Gasteiger partial charge in [0, 0.05) is 5.92 Å². The van der Waals surface area contributed by atoms with Gasteiger partial charge in [-0.2, -0.15) is 8.42 Å². The molecule has 0 bridgehead atoms. The second-order valence-electron chi connectivity index (χ2n) is 6.61. The van der Waals surface area contributed by atoms with Gasteiger partial charge in [-0.25, -0.2) is 0 Å². The first kappa shape index (κ1) is 26.0. The Morgan fingerprint density at radius 2 is 1.60 bits per heavy atom. The van der Waals surface area contributed by atoms with Crippen LogP contribution >= 0.6 is 0 Å². The van der Waals surface area contributed by atoms with Crippen LogP contribution in [0.15, 0.2) is 0 Å². The van der Waals surface area contributed by atoms with Crippen molar-refractivity contribution in [2.24, 2.45) is 11.8 Å². The monoisotopic (exact) mass is 383 g/mol. The summed E-state index contributed by atoms with van der Waals surface area (Å²) in [5.41, 5.74) is -0.950. The molecule has 0 aliphatic carbocycles. The van der Waals surface area contributed by atoms with Gasteiger partial charge in [0.15, 0.2) is 0 Å². The maximum atomic E-state index is 11.5. The van der Waals surface area contributed by atoms with Crippen LogP contribution in [0, 0.1) is 11.8 Å². The Morgan fingerprint density at radius 1 is 1.12 bits per heavy atom. The standard InChI is InChI=1S/C9H19NO4S.C7H14O3/c1-5-7(2)8(11)10-9(3,4)6-15(12,13)14;1-3-6(2)7(9)10-5-4-8/h7H,5-6H2,1-4H3,(H,10,11)(H,12,13,14);6,8H,3-5H2,1-2H3. The van der Waals surface area contributed by atoms with Crippen LogP contribution in [0.2, 0.25) is 0 Å².